The van der Waals surface area contributed by atoms with Crippen LogP contribution in [-0.2, 0) is 11.3 Å². The molecule has 0 saturated carbocycles. The van der Waals surface area contributed by atoms with E-state index in [-0.39, 0.29) is 17.6 Å². The summed E-state index contributed by atoms with van der Waals surface area (Å²) in [5.74, 6) is -0.631. The number of aliphatic carboxylic acids is 1. The highest BCUT2D eigenvalue weighted by Crippen LogP contribution is 2.31. The number of phenols is 1. The molecule has 0 aromatic heterocycles. The maximum Gasteiger partial charge on any atom is 0.308 e. The van der Waals surface area contributed by atoms with Crippen LogP contribution in [0.3, 0.4) is 0 Å². The highest BCUT2D eigenvalue weighted by molar-refractivity contribution is 5.87. The van der Waals surface area contributed by atoms with Crippen LogP contribution in [0.2, 0.25) is 0 Å². The summed E-state index contributed by atoms with van der Waals surface area (Å²) in [5, 5.41) is 21.5. The molecule has 4 nitrogen and oxygen atoms in total. The molecule has 0 amide bonds. The van der Waals surface area contributed by atoms with E-state index >= 15 is 0 Å². The normalized spacial score (nSPS) is 22.7. The number of benzene rings is 2. The van der Waals surface area contributed by atoms with Crippen LogP contribution < -0.4 is 0 Å². The number of carboxylic acid groups (broad SMARTS) is 1. The Morgan fingerprint density at radius 1 is 1.24 bits per heavy atom. The molecule has 0 aliphatic carbocycles. The van der Waals surface area contributed by atoms with Gasteiger partial charge in [0.1, 0.15) is 5.75 Å². The van der Waals surface area contributed by atoms with E-state index in [4.69, 9.17) is 0 Å². The van der Waals surface area contributed by atoms with Crippen LogP contribution in [-0.4, -0.2) is 34.2 Å². The number of carboxylic acids is 1. The first-order chi connectivity index (χ1) is 10.1. The lowest BCUT2D eigenvalue weighted by atomic mass is 9.99. The molecule has 1 aliphatic rings. The summed E-state index contributed by atoms with van der Waals surface area (Å²) >= 11 is 0. The van der Waals surface area contributed by atoms with Crippen molar-refractivity contribution in [2.75, 3.05) is 13.1 Å². The smallest absolute Gasteiger partial charge is 0.308 e. The lowest BCUT2D eigenvalue weighted by Crippen LogP contribution is -2.23. The Bertz CT molecular complexity index is 683. The molecular weight excluding hydrogens is 266 g/mol. The molecule has 1 fully saturated rings. The standard InChI is InChI=1S/C17H19NO3/c1-11-8-18(9-14(11)17(20)21)10-15-13-5-3-2-4-12(13)6-7-16(15)19/h2-7,11,14,19H,8-10H2,1H3,(H,20,21). The molecule has 0 spiro atoms. The second-order valence-electron chi connectivity index (χ2n) is 5.90. The van der Waals surface area contributed by atoms with Gasteiger partial charge in [-0.15, -0.1) is 0 Å². The fraction of sp³-hybridized carbons (Fsp3) is 0.353. The van der Waals surface area contributed by atoms with Gasteiger partial charge in [0.05, 0.1) is 5.92 Å². The first-order valence-electron chi connectivity index (χ1n) is 7.21. The number of aromatic hydroxyl groups is 1. The molecule has 0 radical (unpaired) electrons. The minimum absolute atomic E-state index is 0.139. The van der Waals surface area contributed by atoms with Crippen molar-refractivity contribution in [3.63, 3.8) is 0 Å². The van der Waals surface area contributed by atoms with Crippen molar-refractivity contribution in [3.05, 3.63) is 42.0 Å². The summed E-state index contributed by atoms with van der Waals surface area (Å²) in [6.45, 7) is 3.85. The largest absolute Gasteiger partial charge is 0.508 e. The molecule has 21 heavy (non-hydrogen) atoms. The molecular formula is C17H19NO3. The molecule has 1 aliphatic heterocycles. The minimum Gasteiger partial charge on any atom is -0.508 e. The van der Waals surface area contributed by atoms with Crippen molar-refractivity contribution in [2.45, 2.75) is 13.5 Å². The first-order valence-corrected chi connectivity index (χ1v) is 7.21. The molecule has 4 heteroatoms. The fourth-order valence-corrected chi connectivity index (χ4v) is 3.23. The Hall–Kier alpha value is -2.07. The Morgan fingerprint density at radius 2 is 2.00 bits per heavy atom. The van der Waals surface area contributed by atoms with Crippen molar-refractivity contribution in [1.82, 2.24) is 4.90 Å². The highest BCUT2D eigenvalue weighted by atomic mass is 16.4. The van der Waals surface area contributed by atoms with Gasteiger partial charge in [-0.1, -0.05) is 37.3 Å². The van der Waals surface area contributed by atoms with Crippen LogP contribution in [0.5, 0.6) is 5.75 Å². The third-order valence-electron chi connectivity index (χ3n) is 4.40. The van der Waals surface area contributed by atoms with Gasteiger partial charge in [-0.2, -0.15) is 0 Å². The van der Waals surface area contributed by atoms with Crippen LogP contribution >= 0.6 is 0 Å². The summed E-state index contributed by atoms with van der Waals surface area (Å²) in [4.78, 5) is 13.3. The van der Waals surface area contributed by atoms with Crippen LogP contribution in [0, 0.1) is 11.8 Å². The molecule has 110 valence electrons. The second-order valence-corrected chi connectivity index (χ2v) is 5.90. The number of nitrogens with zero attached hydrogens (tertiary/aromatic N) is 1. The van der Waals surface area contributed by atoms with E-state index in [0.717, 1.165) is 22.9 Å². The minimum atomic E-state index is -0.729. The number of fused-ring (bicyclic) bond motifs is 1. The summed E-state index contributed by atoms with van der Waals surface area (Å²) < 4.78 is 0. The average Bonchev–Trinajstić information content (AvgIpc) is 2.83. The molecule has 2 aromatic carbocycles. The van der Waals surface area contributed by atoms with Gasteiger partial charge < -0.3 is 10.2 Å². The fourth-order valence-electron chi connectivity index (χ4n) is 3.23. The Balaban J connectivity index is 1.89. The lowest BCUT2D eigenvalue weighted by molar-refractivity contribution is -0.142. The highest BCUT2D eigenvalue weighted by Gasteiger charge is 2.34. The Labute approximate surface area is 123 Å². The van der Waals surface area contributed by atoms with Crippen molar-refractivity contribution < 1.29 is 15.0 Å². The SMILES string of the molecule is CC1CN(Cc2c(O)ccc3ccccc23)CC1C(=O)O. The molecule has 3 rings (SSSR count). The third kappa shape index (κ3) is 2.59. The van der Waals surface area contributed by atoms with Gasteiger partial charge >= 0.3 is 5.97 Å². The number of rotatable bonds is 3. The molecule has 2 atom stereocenters. The second kappa shape index (κ2) is 5.37. The molecule has 1 heterocycles. The summed E-state index contributed by atoms with van der Waals surface area (Å²) in [7, 11) is 0. The monoisotopic (exact) mass is 285 g/mol. The lowest BCUT2D eigenvalue weighted by Gasteiger charge is -2.18. The number of hydrogen-bond acceptors (Lipinski definition) is 3. The maximum atomic E-state index is 11.2. The molecule has 1 saturated heterocycles. The van der Waals surface area contributed by atoms with E-state index in [1.807, 2.05) is 37.3 Å². The summed E-state index contributed by atoms with van der Waals surface area (Å²) in [5.41, 5.74) is 0.881. The van der Waals surface area contributed by atoms with Gasteiger partial charge in [0.15, 0.2) is 0 Å². The van der Waals surface area contributed by atoms with Crippen molar-refractivity contribution in [2.24, 2.45) is 11.8 Å². The Kier molecular flexibility index (Phi) is 3.55. The van der Waals surface area contributed by atoms with Crippen LogP contribution in [0.15, 0.2) is 36.4 Å². The predicted molar refractivity (Wildman–Crippen MR) is 81.2 cm³/mol. The first kappa shape index (κ1) is 13.9. The zero-order valence-electron chi connectivity index (χ0n) is 12.0. The quantitative estimate of drug-likeness (QED) is 0.910. The maximum absolute atomic E-state index is 11.2. The van der Waals surface area contributed by atoms with Crippen molar-refractivity contribution in [1.29, 1.82) is 0 Å². The number of likely N-dealkylation sites (tertiary alicyclic amines) is 1. The summed E-state index contributed by atoms with van der Waals surface area (Å²) in [6.07, 6.45) is 0. The van der Waals surface area contributed by atoms with Gasteiger partial charge in [0, 0.05) is 25.2 Å². The van der Waals surface area contributed by atoms with Gasteiger partial charge in [0.2, 0.25) is 0 Å². The van der Waals surface area contributed by atoms with E-state index in [0.29, 0.717) is 13.1 Å². The zero-order chi connectivity index (χ0) is 15.0. The number of carbonyl (C=O) groups is 1. The van der Waals surface area contributed by atoms with Gasteiger partial charge in [-0.25, -0.2) is 0 Å². The van der Waals surface area contributed by atoms with E-state index in [9.17, 15) is 15.0 Å². The van der Waals surface area contributed by atoms with E-state index in [2.05, 4.69) is 4.90 Å². The van der Waals surface area contributed by atoms with Gasteiger partial charge in [-0.05, 0) is 22.8 Å². The molecule has 2 aromatic rings. The van der Waals surface area contributed by atoms with Gasteiger partial charge in [-0.3, -0.25) is 9.69 Å². The molecule has 2 unspecified atom stereocenters. The average molecular weight is 285 g/mol. The van der Waals surface area contributed by atoms with E-state index < -0.39 is 5.97 Å². The predicted octanol–water partition coefficient (Wildman–Crippen LogP) is 2.70. The summed E-state index contributed by atoms with van der Waals surface area (Å²) in [6, 6.07) is 11.6. The number of hydrogen-bond donors (Lipinski definition) is 2. The van der Waals surface area contributed by atoms with Crippen molar-refractivity contribution in [3.8, 4) is 5.75 Å². The van der Waals surface area contributed by atoms with Crippen LogP contribution in [0.25, 0.3) is 10.8 Å². The number of phenolic OH excluding ortho intramolecular Hbond substituents is 1. The van der Waals surface area contributed by atoms with E-state index in [1.54, 1.807) is 6.07 Å². The van der Waals surface area contributed by atoms with E-state index in [1.165, 1.54) is 0 Å². The molecule has 2 N–H and O–H groups in total. The van der Waals surface area contributed by atoms with Gasteiger partial charge in [0.25, 0.3) is 0 Å². The zero-order valence-corrected chi connectivity index (χ0v) is 12.0. The Morgan fingerprint density at radius 3 is 2.71 bits per heavy atom. The van der Waals surface area contributed by atoms with Crippen molar-refractivity contribution >= 4 is 16.7 Å². The van der Waals surface area contributed by atoms with Crippen LogP contribution in [0.4, 0.5) is 0 Å². The van der Waals surface area contributed by atoms with Crippen LogP contribution in [0.1, 0.15) is 12.5 Å². The topological polar surface area (TPSA) is 60.8 Å². The molecule has 0 bridgehead atoms. The third-order valence-corrected chi connectivity index (χ3v) is 4.40.